The molecule has 1 spiro atoms. The predicted molar refractivity (Wildman–Crippen MR) is 130 cm³/mol. The van der Waals surface area contributed by atoms with Gasteiger partial charge >= 0.3 is 5.97 Å². The SMILES string of the molecule is C=CCCOC(=O)[C@H]1[C@H]2C(=O)N(CCO)C(C(=O)N(CC=C)C3CCCCC3)C23CC[C@]1(CC)O3. The Kier molecular flexibility index (Phi) is 7.71. The first-order valence-electron chi connectivity index (χ1n) is 13.2. The summed E-state index contributed by atoms with van der Waals surface area (Å²) in [5, 5.41) is 9.80. The first kappa shape index (κ1) is 25.9. The fraction of sp³-hybridized carbons (Fsp3) is 0.741. The van der Waals surface area contributed by atoms with Gasteiger partial charge in [-0.15, -0.1) is 13.2 Å². The van der Waals surface area contributed by atoms with Crippen LogP contribution in [0.3, 0.4) is 0 Å². The average Bonchev–Trinajstić information content (AvgIpc) is 3.47. The minimum atomic E-state index is -1.09. The quantitative estimate of drug-likeness (QED) is 0.273. The lowest BCUT2D eigenvalue weighted by Crippen LogP contribution is -2.58. The van der Waals surface area contributed by atoms with E-state index in [9.17, 15) is 19.5 Å². The number of likely N-dealkylation sites (tertiary alicyclic amines) is 1. The van der Waals surface area contributed by atoms with E-state index in [1.807, 2.05) is 11.8 Å². The highest BCUT2D eigenvalue weighted by Gasteiger charge is 2.79. The van der Waals surface area contributed by atoms with Gasteiger partial charge in [-0.2, -0.15) is 0 Å². The molecule has 1 N–H and O–H groups in total. The molecule has 8 heteroatoms. The number of aliphatic hydroxyl groups excluding tert-OH is 1. The molecule has 35 heavy (non-hydrogen) atoms. The van der Waals surface area contributed by atoms with Gasteiger partial charge in [0.15, 0.2) is 0 Å². The van der Waals surface area contributed by atoms with Crippen LogP contribution in [0, 0.1) is 11.8 Å². The van der Waals surface area contributed by atoms with Crippen LogP contribution in [0.2, 0.25) is 0 Å². The third kappa shape index (κ3) is 4.12. The van der Waals surface area contributed by atoms with E-state index in [2.05, 4.69) is 13.2 Å². The molecule has 3 saturated heterocycles. The summed E-state index contributed by atoms with van der Waals surface area (Å²) in [5.74, 6) is -2.44. The van der Waals surface area contributed by atoms with Crippen LogP contribution in [0.5, 0.6) is 0 Å². The van der Waals surface area contributed by atoms with Gasteiger partial charge in [-0.25, -0.2) is 0 Å². The van der Waals surface area contributed by atoms with Crippen molar-refractivity contribution in [1.29, 1.82) is 0 Å². The number of rotatable bonds is 11. The Morgan fingerprint density at radius 2 is 1.97 bits per heavy atom. The molecule has 0 aromatic rings. The number of nitrogens with zero attached hydrogens (tertiary/aromatic N) is 2. The van der Waals surface area contributed by atoms with E-state index in [1.54, 1.807) is 12.2 Å². The lowest BCUT2D eigenvalue weighted by Gasteiger charge is -2.40. The van der Waals surface area contributed by atoms with Crippen LogP contribution >= 0.6 is 0 Å². The molecule has 3 heterocycles. The molecule has 4 fully saturated rings. The number of carbonyl (C=O) groups excluding carboxylic acids is 3. The molecule has 4 aliphatic rings. The molecule has 0 aromatic heterocycles. The molecule has 0 aromatic carbocycles. The number of amides is 2. The van der Waals surface area contributed by atoms with Crippen molar-refractivity contribution in [3.63, 3.8) is 0 Å². The highest BCUT2D eigenvalue weighted by Crippen LogP contribution is 2.64. The molecule has 194 valence electrons. The number of carbonyl (C=O) groups is 3. The van der Waals surface area contributed by atoms with E-state index in [4.69, 9.17) is 9.47 Å². The first-order chi connectivity index (χ1) is 16.9. The van der Waals surface area contributed by atoms with Gasteiger partial charge in [0.2, 0.25) is 11.8 Å². The van der Waals surface area contributed by atoms with E-state index in [-0.39, 0.29) is 37.6 Å². The summed E-state index contributed by atoms with van der Waals surface area (Å²) in [5.41, 5.74) is -1.90. The van der Waals surface area contributed by atoms with E-state index in [0.29, 0.717) is 32.2 Å². The number of esters is 1. The molecule has 1 saturated carbocycles. The summed E-state index contributed by atoms with van der Waals surface area (Å²) >= 11 is 0. The highest BCUT2D eigenvalue weighted by molar-refractivity contribution is 5.98. The van der Waals surface area contributed by atoms with E-state index in [1.165, 1.54) is 4.90 Å². The fourth-order valence-electron chi connectivity index (χ4n) is 7.14. The molecule has 2 bridgehead atoms. The third-order valence-corrected chi connectivity index (χ3v) is 8.70. The normalized spacial score (nSPS) is 34.1. The maximum Gasteiger partial charge on any atom is 0.312 e. The van der Waals surface area contributed by atoms with Crippen molar-refractivity contribution < 1.29 is 29.0 Å². The van der Waals surface area contributed by atoms with E-state index < -0.39 is 35.0 Å². The molecule has 1 aliphatic carbocycles. The van der Waals surface area contributed by atoms with E-state index >= 15 is 0 Å². The number of β-amino-alcohol motifs (C(OH)–C–C–N with tert-alkyl or cyclic N) is 1. The molecule has 8 nitrogen and oxygen atoms in total. The zero-order valence-corrected chi connectivity index (χ0v) is 21.0. The lowest BCUT2D eigenvalue weighted by atomic mass is 9.65. The van der Waals surface area contributed by atoms with Crippen molar-refractivity contribution in [3.8, 4) is 0 Å². The van der Waals surface area contributed by atoms with E-state index in [0.717, 1.165) is 32.1 Å². The summed E-state index contributed by atoms with van der Waals surface area (Å²) in [6.07, 6.45) is 10.8. The van der Waals surface area contributed by atoms with Crippen molar-refractivity contribution in [2.75, 3.05) is 26.3 Å². The molecule has 0 radical (unpaired) electrons. The van der Waals surface area contributed by atoms with Crippen molar-refractivity contribution in [1.82, 2.24) is 9.80 Å². The van der Waals surface area contributed by atoms with Crippen LogP contribution in [-0.2, 0) is 23.9 Å². The molecule has 2 unspecified atom stereocenters. The van der Waals surface area contributed by atoms with Gasteiger partial charge in [0.05, 0.1) is 24.7 Å². The predicted octanol–water partition coefficient (Wildman–Crippen LogP) is 2.60. The minimum absolute atomic E-state index is 0.0286. The number of hydrogen-bond acceptors (Lipinski definition) is 6. The van der Waals surface area contributed by atoms with Gasteiger partial charge in [0, 0.05) is 19.1 Å². The molecule has 3 aliphatic heterocycles. The monoisotopic (exact) mass is 488 g/mol. The van der Waals surface area contributed by atoms with Gasteiger partial charge in [0.1, 0.15) is 17.6 Å². The fourth-order valence-corrected chi connectivity index (χ4v) is 7.14. The van der Waals surface area contributed by atoms with Gasteiger partial charge in [-0.05, 0) is 38.5 Å². The Morgan fingerprint density at radius 3 is 2.60 bits per heavy atom. The van der Waals surface area contributed by atoms with Gasteiger partial charge in [0.25, 0.3) is 0 Å². The zero-order valence-electron chi connectivity index (χ0n) is 21.0. The Bertz CT molecular complexity index is 855. The highest BCUT2D eigenvalue weighted by atomic mass is 16.6. The zero-order chi connectivity index (χ0) is 25.2. The maximum atomic E-state index is 14.3. The summed E-state index contributed by atoms with van der Waals surface area (Å²) in [7, 11) is 0. The maximum absolute atomic E-state index is 14.3. The minimum Gasteiger partial charge on any atom is -0.465 e. The van der Waals surface area contributed by atoms with Gasteiger partial charge in [-0.3, -0.25) is 14.4 Å². The molecule has 2 amide bonds. The third-order valence-electron chi connectivity index (χ3n) is 8.70. The Labute approximate surface area is 208 Å². The summed E-state index contributed by atoms with van der Waals surface area (Å²) in [6.45, 7) is 9.85. The number of fused-ring (bicyclic) bond motifs is 1. The summed E-state index contributed by atoms with van der Waals surface area (Å²) in [6, 6.07) is -0.775. The summed E-state index contributed by atoms with van der Waals surface area (Å²) < 4.78 is 12.3. The number of hydrogen-bond donors (Lipinski definition) is 1. The second kappa shape index (κ2) is 10.4. The van der Waals surface area contributed by atoms with Crippen LogP contribution in [0.4, 0.5) is 0 Å². The largest absolute Gasteiger partial charge is 0.465 e. The van der Waals surface area contributed by atoms with Crippen LogP contribution in [0.15, 0.2) is 25.3 Å². The van der Waals surface area contributed by atoms with Crippen LogP contribution < -0.4 is 0 Å². The van der Waals surface area contributed by atoms with Crippen molar-refractivity contribution in [2.45, 2.75) is 88.0 Å². The topological polar surface area (TPSA) is 96.4 Å². The Morgan fingerprint density at radius 1 is 1.23 bits per heavy atom. The van der Waals surface area contributed by atoms with Crippen molar-refractivity contribution in [3.05, 3.63) is 25.3 Å². The first-order valence-corrected chi connectivity index (χ1v) is 13.2. The number of aliphatic hydroxyl groups is 1. The van der Waals surface area contributed by atoms with Crippen LogP contribution in [-0.4, -0.2) is 82.3 Å². The van der Waals surface area contributed by atoms with Crippen molar-refractivity contribution in [2.24, 2.45) is 11.8 Å². The number of ether oxygens (including phenoxy) is 2. The Balaban J connectivity index is 1.72. The molecule has 4 rings (SSSR count). The molecule has 5 atom stereocenters. The van der Waals surface area contributed by atoms with Gasteiger partial charge in [-0.1, -0.05) is 38.3 Å². The second-order valence-electron chi connectivity index (χ2n) is 10.4. The summed E-state index contributed by atoms with van der Waals surface area (Å²) in [4.78, 5) is 44.8. The Hall–Kier alpha value is -2.19. The van der Waals surface area contributed by atoms with Crippen LogP contribution in [0.1, 0.15) is 64.7 Å². The standard InChI is InChI=1S/C27H40N2O6/c1-4-7-18-34-25(33)21-20-23(31)29(16-17-30)22(27(20)14-13-26(21,6-3)35-27)24(32)28(15-5-2)19-11-9-8-10-12-19/h4-5,19-22,30H,1-2,6-18H2,3H3/t20-,21+,22?,26-,27?/m0/s1. The smallest absolute Gasteiger partial charge is 0.312 e. The molecular formula is C27H40N2O6. The van der Waals surface area contributed by atoms with Gasteiger partial charge < -0.3 is 24.4 Å². The second-order valence-corrected chi connectivity index (χ2v) is 10.4. The lowest BCUT2D eigenvalue weighted by molar-refractivity contribution is -0.162. The van der Waals surface area contributed by atoms with Crippen molar-refractivity contribution >= 4 is 17.8 Å². The average molecular weight is 489 g/mol. The van der Waals surface area contributed by atoms with Crippen LogP contribution in [0.25, 0.3) is 0 Å². The molecular weight excluding hydrogens is 448 g/mol.